The van der Waals surface area contributed by atoms with Gasteiger partial charge in [0.25, 0.3) is 0 Å². The number of rotatable bonds is 5. The molecule has 0 bridgehead atoms. The first-order chi connectivity index (χ1) is 12.3. The van der Waals surface area contributed by atoms with Crippen molar-refractivity contribution in [1.29, 1.82) is 0 Å². The van der Waals surface area contributed by atoms with Crippen molar-refractivity contribution in [2.24, 2.45) is 0 Å². The van der Waals surface area contributed by atoms with E-state index < -0.39 is 0 Å². The van der Waals surface area contributed by atoms with Crippen molar-refractivity contribution in [3.63, 3.8) is 0 Å². The van der Waals surface area contributed by atoms with Crippen LogP contribution in [0.2, 0.25) is 0 Å². The Hall–Kier alpha value is -2.53. The van der Waals surface area contributed by atoms with E-state index in [0.717, 1.165) is 41.2 Å². The minimum atomic E-state index is 0.666. The van der Waals surface area contributed by atoms with Crippen LogP contribution in [-0.4, -0.2) is 46.0 Å². The Bertz CT molecular complexity index is 849. The molecule has 0 radical (unpaired) electrons. The summed E-state index contributed by atoms with van der Waals surface area (Å²) in [4.78, 5) is 16.5. The highest BCUT2D eigenvalue weighted by molar-refractivity contribution is 5.82. The van der Waals surface area contributed by atoms with Gasteiger partial charge in [0.2, 0.25) is 0 Å². The molecule has 0 aliphatic carbocycles. The lowest BCUT2D eigenvalue weighted by Crippen LogP contribution is -2.27. The van der Waals surface area contributed by atoms with Gasteiger partial charge in [0.05, 0.1) is 16.7 Å². The van der Waals surface area contributed by atoms with Crippen molar-refractivity contribution in [1.82, 2.24) is 19.9 Å². The SMILES string of the molecule is CN1CCCC1CCNc1nc2ccccc2nc1-c1ccccn1. The highest BCUT2D eigenvalue weighted by Gasteiger charge is 2.20. The van der Waals surface area contributed by atoms with Gasteiger partial charge in [0.15, 0.2) is 5.82 Å². The van der Waals surface area contributed by atoms with Gasteiger partial charge in [0.1, 0.15) is 5.69 Å². The van der Waals surface area contributed by atoms with Gasteiger partial charge in [-0.15, -0.1) is 0 Å². The Balaban J connectivity index is 1.61. The highest BCUT2D eigenvalue weighted by Crippen LogP contribution is 2.26. The van der Waals surface area contributed by atoms with Gasteiger partial charge >= 0.3 is 0 Å². The van der Waals surface area contributed by atoms with Crippen molar-refractivity contribution in [3.05, 3.63) is 48.7 Å². The lowest BCUT2D eigenvalue weighted by Gasteiger charge is -2.20. The van der Waals surface area contributed by atoms with Crippen LogP contribution in [0.1, 0.15) is 19.3 Å². The van der Waals surface area contributed by atoms with Crippen LogP contribution in [0, 0.1) is 0 Å². The molecule has 3 aromatic rings. The van der Waals surface area contributed by atoms with E-state index >= 15 is 0 Å². The zero-order chi connectivity index (χ0) is 17.1. The summed E-state index contributed by atoms with van der Waals surface area (Å²) in [5.41, 5.74) is 3.47. The maximum atomic E-state index is 4.81. The Morgan fingerprint density at radius 3 is 2.60 bits per heavy atom. The van der Waals surface area contributed by atoms with Gasteiger partial charge < -0.3 is 10.2 Å². The van der Waals surface area contributed by atoms with E-state index in [1.54, 1.807) is 6.20 Å². The second-order valence-electron chi connectivity index (χ2n) is 6.62. The first kappa shape index (κ1) is 16.0. The predicted octanol–water partition coefficient (Wildman–Crippen LogP) is 3.59. The fraction of sp³-hybridized carbons (Fsp3) is 0.350. The number of likely N-dealkylation sites (tertiary alicyclic amines) is 1. The maximum absolute atomic E-state index is 4.81. The van der Waals surface area contributed by atoms with Gasteiger partial charge in [-0.3, -0.25) is 4.98 Å². The summed E-state index contributed by atoms with van der Waals surface area (Å²) in [6, 6.07) is 14.5. The third kappa shape index (κ3) is 3.46. The third-order valence-electron chi connectivity index (χ3n) is 4.92. The fourth-order valence-corrected chi connectivity index (χ4v) is 3.51. The molecular weight excluding hydrogens is 310 g/mol. The van der Waals surface area contributed by atoms with Crippen molar-refractivity contribution in [3.8, 4) is 11.4 Å². The molecule has 1 aliphatic rings. The van der Waals surface area contributed by atoms with Crippen molar-refractivity contribution >= 4 is 16.9 Å². The molecule has 0 saturated carbocycles. The number of hydrogen-bond acceptors (Lipinski definition) is 5. The lowest BCUT2D eigenvalue weighted by atomic mass is 10.1. The minimum Gasteiger partial charge on any atom is -0.368 e. The molecule has 25 heavy (non-hydrogen) atoms. The molecule has 0 spiro atoms. The van der Waals surface area contributed by atoms with Crippen LogP contribution in [0.5, 0.6) is 0 Å². The number of nitrogens with zero attached hydrogens (tertiary/aromatic N) is 4. The van der Waals surface area contributed by atoms with E-state index in [-0.39, 0.29) is 0 Å². The number of hydrogen-bond donors (Lipinski definition) is 1. The number of fused-ring (bicyclic) bond motifs is 1. The molecule has 5 nitrogen and oxygen atoms in total. The number of benzene rings is 1. The molecule has 1 unspecified atom stereocenters. The van der Waals surface area contributed by atoms with Crippen LogP contribution >= 0.6 is 0 Å². The monoisotopic (exact) mass is 333 g/mol. The molecular formula is C20H23N5. The zero-order valence-corrected chi connectivity index (χ0v) is 14.5. The molecule has 5 heteroatoms. The lowest BCUT2D eigenvalue weighted by molar-refractivity contribution is 0.301. The Morgan fingerprint density at radius 2 is 1.88 bits per heavy atom. The Kier molecular flexibility index (Phi) is 4.57. The standard InChI is InChI=1S/C20H23N5/c1-25-14-6-7-15(25)11-13-22-20-19(18-10-4-5-12-21-18)23-16-8-2-3-9-17(16)24-20/h2-5,8-10,12,15H,6-7,11,13-14H2,1H3,(H,22,24). The summed E-state index contributed by atoms with van der Waals surface area (Å²) >= 11 is 0. The van der Waals surface area contributed by atoms with Crippen LogP contribution in [0.25, 0.3) is 22.4 Å². The number of anilines is 1. The summed E-state index contributed by atoms with van der Waals surface area (Å²) in [6.07, 6.45) is 5.50. The molecule has 1 aliphatic heterocycles. The summed E-state index contributed by atoms with van der Waals surface area (Å²) in [5, 5.41) is 3.51. The first-order valence-corrected chi connectivity index (χ1v) is 8.93. The van der Waals surface area contributed by atoms with Gasteiger partial charge in [0, 0.05) is 18.8 Å². The van der Waals surface area contributed by atoms with E-state index in [1.165, 1.54) is 19.4 Å². The zero-order valence-electron chi connectivity index (χ0n) is 14.5. The quantitative estimate of drug-likeness (QED) is 0.773. The second kappa shape index (κ2) is 7.15. The first-order valence-electron chi connectivity index (χ1n) is 8.93. The van der Waals surface area contributed by atoms with Crippen molar-refractivity contribution < 1.29 is 0 Å². The van der Waals surface area contributed by atoms with Crippen LogP contribution in [-0.2, 0) is 0 Å². The predicted molar refractivity (Wildman–Crippen MR) is 102 cm³/mol. The van der Waals surface area contributed by atoms with Crippen molar-refractivity contribution in [2.75, 3.05) is 25.5 Å². The molecule has 1 atom stereocenters. The average Bonchev–Trinajstić information content (AvgIpc) is 3.07. The van der Waals surface area contributed by atoms with Gasteiger partial charge in [-0.25, -0.2) is 9.97 Å². The molecule has 2 aromatic heterocycles. The maximum Gasteiger partial charge on any atom is 0.154 e. The van der Waals surface area contributed by atoms with Crippen LogP contribution in [0.4, 0.5) is 5.82 Å². The summed E-state index contributed by atoms with van der Waals surface area (Å²) in [5.74, 6) is 0.818. The second-order valence-corrected chi connectivity index (χ2v) is 6.62. The molecule has 1 saturated heterocycles. The highest BCUT2D eigenvalue weighted by atomic mass is 15.1. The van der Waals surface area contributed by atoms with E-state index in [1.807, 2.05) is 42.5 Å². The minimum absolute atomic E-state index is 0.666. The van der Waals surface area contributed by atoms with Gasteiger partial charge in [-0.05, 0) is 57.1 Å². The summed E-state index contributed by atoms with van der Waals surface area (Å²) < 4.78 is 0. The van der Waals surface area contributed by atoms with E-state index in [9.17, 15) is 0 Å². The average molecular weight is 333 g/mol. The molecule has 0 amide bonds. The van der Waals surface area contributed by atoms with Crippen LogP contribution in [0.3, 0.4) is 0 Å². The topological polar surface area (TPSA) is 53.9 Å². The molecule has 1 fully saturated rings. The Labute approximate surface area is 148 Å². The van der Waals surface area contributed by atoms with Crippen molar-refractivity contribution in [2.45, 2.75) is 25.3 Å². The number of nitrogens with one attached hydrogen (secondary N) is 1. The summed E-state index contributed by atoms with van der Waals surface area (Å²) in [6.45, 7) is 2.10. The molecule has 3 heterocycles. The number of pyridine rings is 1. The molecule has 1 aromatic carbocycles. The largest absolute Gasteiger partial charge is 0.368 e. The van der Waals surface area contributed by atoms with Gasteiger partial charge in [-0.1, -0.05) is 18.2 Å². The Morgan fingerprint density at radius 1 is 1.08 bits per heavy atom. The van der Waals surface area contributed by atoms with Crippen LogP contribution < -0.4 is 5.32 Å². The molecule has 4 rings (SSSR count). The fourth-order valence-electron chi connectivity index (χ4n) is 3.51. The molecule has 128 valence electrons. The van der Waals surface area contributed by atoms with Crippen LogP contribution in [0.15, 0.2) is 48.7 Å². The van der Waals surface area contributed by atoms with E-state index in [0.29, 0.717) is 6.04 Å². The molecule has 1 N–H and O–H groups in total. The van der Waals surface area contributed by atoms with Gasteiger partial charge in [-0.2, -0.15) is 0 Å². The number of aromatic nitrogens is 3. The third-order valence-corrected chi connectivity index (χ3v) is 4.92. The number of para-hydroxylation sites is 2. The van der Waals surface area contributed by atoms with E-state index in [4.69, 9.17) is 9.97 Å². The normalized spacial score (nSPS) is 17.9. The summed E-state index contributed by atoms with van der Waals surface area (Å²) in [7, 11) is 2.22. The van der Waals surface area contributed by atoms with E-state index in [2.05, 4.69) is 22.2 Å². The smallest absolute Gasteiger partial charge is 0.154 e.